The van der Waals surface area contributed by atoms with Crippen LogP contribution in [0.2, 0.25) is 0 Å². The van der Waals surface area contributed by atoms with Gasteiger partial charge in [0.15, 0.2) is 0 Å². The smallest absolute Gasteiger partial charge is 0.0596 e. The number of hydrogen-bond acceptors (Lipinski definition) is 3. The number of piperidine rings is 1. The molecule has 0 aromatic heterocycles. The average Bonchev–Trinajstić information content (AvgIpc) is 2.38. The van der Waals surface area contributed by atoms with Crippen molar-refractivity contribution in [2.24, 2.45) is 5.16 Å². The third kappa shape index (κ3) is 4.36. The van der Waals surface area contributed by atoms with E-state index < -0.39 is 0 Å². The van der Waals surface area contributed by atoms with Gasteiger partial charge in [-0.3, -0.25) is 0 Å². The molecule has 1 fully saturated rings. The highest BCUT2D eigenvalue weighted by molar-refractivity contribution is 5.85. The van der Waals surface area contributed by atoms with E-state index in [9.17, 15) is 0 Å². The Bertz CT molecular complexity index is 344. The van der Waals surface area contributed by atoms with Gasteiger partial charge < -0.3 is 10.1 Å². The molecule has 0 unspecified atom stereocenters. The number of rotatable bonds is 3. The van der Waals surface area contributed by atoms with E-state index in [-0.39, 0.29) is 12.4 Å². The summed E-state index contributed by atoms with van der Waals surface area (Å²) in [7, 11) is 0. The second-order valence-electron chi connectivity index (χ2n) is 4.24. The fraction of sp³-hybridized carbons (Fsp3) is 0.462. The zero-order valence-corrected chi connectivity index (χ0v) is 10.7. The molecule has 1 N–H and O–H groups in total. The van der Waals surface area contributed by atoms with Gasteiger partial charge in [0.2, 0.25) is 0 Å². The third-order valence-electron chi connectivity index (χ3n) is 3.13. The van der Waals surface area contributed by atoms with E-state index in [4.69, 9.17) is 5.21 Å². The molecular formula is C13H19ClN2O. The van der Waals surface area contributed by atoms with Crippen LogP contribution in [0.4, 0.5) is 0 Å². The average molecular weight is 255 g/mol. The normalized spacial score (nSPS) is 16.4. The number of hydrogen-bond donors (Lipinski definition) is 1. The summed E-state index contributed by atoms with van der Waals surface area (Å²) in [6, 6.07) is 10.6. The van der Waals surface area contributed by atoms with Crippen LogP contribution in [0.25, 0.3) is 0 Å². The molecule has 0 saturated carbocycles. The number of benzene rings is 1. The molecule has 0 aliphatic carbocycles. The van der Waals surface area contributed by atoms with Crippen molar-refractivity contribution in [1.29, 1.82) is 0 Å². The van der Waals surface area contributed by atoms with E-state index in [2.05, 4.69) is 34.3 Å². The molecule has 1 aromatic carbocycles. The van der Waals surface area contributed by atoms with Gasteiger partial charge in [0, 0.05) is 32.5 Å². The maximum atomic E-state index is 8.65. The van der Waals surface area contributed by atoms with Gasteiger partial charge in [-0.2, -0.15) is 0 Å². The highest BCUT2D eigenvalue weighted by atomic mass is 35.5. The number of nitrogens with zero attached hydrogens (tertiary/aromatic N) is 2. The lowest BCUT2D eigenvalue weighted by Crippen LogP contribution is -2.35. The Kier molecular flexibility index (Phi) is 6.01. The van der Waals surface area contributed by atoms with Crippen LogP contribution < -0.4 is 0 Å². The summed E-state index contributed by atoms with van der Waals surface area (Å²) in [5, 5.41) is 11.9. The van der Waals surface area contributed by atoms with Crippen molar-refractivity contribution >= 4 is 18.1 Å². The first kappa shape index (κ1) is 14.0. The zero-order chi connectivity index (χ0) is 11.2. The summed E-state index contributed by atoms with van der Waals surface area (Å²) >= 11 is 0. The largest absolute Gasteiger partial charge is 0.411 e. The Hall–Kier alpha value is -1.06. The predicted octanol–water partition coefficient (Wildman–Crippen LogP) is 2.58. The fourth-order valence-electron chi connectivity index (χ4n) is 2.07. The number of oxime groups is 1. The zero-order valence-electron chi connectivity index (χ0n) is 9.88. The molecule has 1 aliphatic rings. The lowest BCUT2D eigenvalue weighted by molar-refractivity contribution is 0.265. The SMILES string of the molecule is Cl.ON=C1CCN(CCc2ccccc2)CC1. The third-order valence-corrected chi connectivity index (χ3v) is 3.13. The van der Waals surface area contributed by atoms with Gasteiger partial charge in [-0.25, -0.2) is 0 Å². The van der Waals surface area contributed by atoms with Crippen LogP contribution in [0.5, 0.6) is 0 Å². The van der Waals surface area contributed by atoms with Gasteiger partial charge in [0.1, 0.15) is 0 Å². The quantitative estimate of drug-likeness (QED) is 0.665. The maximum Gasteiger partial charge on any atom is 0.0596 e. The van der Waals surface area contributed by atoms with Crippen LogP contribution in [0, 0.1) is 0 Å². The summed E-state index contributed by atoms with van der Waals surface area (Å²) in [6.07, 6.45) is 2.92. The lowest BCUT2D eigenvalue weighted by atomic mass is 10.1. The molecule has 0 amide bonds. The van der Waals surface area contributed by atoms with E-state index in [1.165, 1.54) is 5.56 Å². The lowest BCUT2D eigenvalue weighted by Gasteiger charge is -2.26. The molecule has 94 valence electrons. The first-order valence-electron chi connectivity index (χ1n) is 5.84. The molecule has 1 aliphatic heterocycles. The van der Waals surface area contributed by atoms with Crippen LogP contribution in [-0.2, 0) is 6.42 Å². The second-order valence-corrected chi connectivity index (χ2v) is 4.24. The van der Waals surface area contributed by atoms with E-state index in [1.807, 2.05) is 6.07 Å². The van der Waals surface area contributed by atoms with E-state index in [0.717, 1.165) is 44.6 Å². The molecule has 0 atom stereocenters. The van der Waals surface area contributed by atoms with Crippen molar-refractivity contribution in [2.75, 3.05) is 19.6 Å². The van der Waals surface area contributed by atoms with Crippen LogP contribution >= 0.6 is 12.4 Å². The summed E-state index contributed by atoms with van der Waals surface area (Å²) in [5.74, 6) is 0. The Labute approximate surface area is 109 Å². The maximum absolute atomic E-state index is 8.65. The molecule has 0 radical (unpaired) electrons. The molecule has 4 heteroatoms. The Morgan fingerprint density at radius 3 is 2.35 bits per heavy atom. The van der Waals surface area contributed by atoms with Crippen molar-refractivity contribution in [3.8, 4) is 0 Å². The molecular weight excluding hydrogens is 236 g/mol. The van der Waals surface area contributed by atoms with E-state index in [0.29, 0.717) is 0 Å². The number of likely N-dealkylation sites (tertiary alicyclic amines) is 1. The van der Waals surface area contributed by atoms with Crippen LogP contribution in [0.15, 0.2) is 35.5 Å². The first-order chi connectivity index (χ1) is 7.88. The Morgan fingerprint density at radius 2 is 1.76 bits per heavy atom. The van der Waals surface area contributed by atoms with Gasteiger partial charge in [-0.1, -0.05) is 35.5 Å². The minimum absolute atomic E-state index is 0. The summed E-state index contributed by atoms with van der Waals surface area (Å²) < 4.78 is 0. The second kappa shape index (κ2) is 7.30. The molecule has 0 bridgehead atoms. The Balaban J connectivity index is 0.00000144. The molecule has 2 rings (SSSR count). The van der Waals surface area contributed by atoms with Gasteiger partial charge in [0.05, 0.1) is 5.71 Å². The standard InChI is InChI=1S/C13H18N2O.ClH/c16-14-13-7-10-15(11-8-13)9-6-12-4-2-1-3-5-12;/h1-5,16H,6-11H2;1H. The fourth-order valence-corrected chi connectivity index (χ4v) is 2.07. The van der Waals surface area contributed by atoms with E-state index in [1.54, 1.807) is 0 Å². The van der Waals surface area contributed by atoms with Crippen molar-refractivity contribution in [3.63, 3.8) is 0 Å². The van der Waals surface area contributed by atoms with Gasteiger partial charge in [0.25, 0.3) is 0 Å². The van der Waals surface area contributed by atoms with Gasteiger partial charge in [-0.15, -0.1) is 12.4 Å². The summed E-state index contributed by atoms with van der Waals surface area (Å²) in [6.45, 7) is 3.14. The highest BCUT2D eigenvalue weighted by Gasteiger charge is 2.14. The van der Waals surface area contributed by atoms with Crippen molar-refractivity contribution in [1.82, 2.24) is 4.90 Å². The minimum Gasteiger partial charge on any atom is -0.411 e. The molecule has 1 saturated heterocycles. The summed E-state index contributed by atoms with van der Waals surface area (Å²) in [4.78, 5) is 2.43. The predicted molar refractivity (Wildman–Crippen MR) is 72.3 cm³/mol. The topological polar surface area (TPSA) is 35.8 Å². The minimum atomic E-state index is 0. The summed E-state index contributed by atoms with van der Waals surface area (Å²) in [5.41, 5.74) is 2.33. The van der Waals surface area contributed by atoms with Crippen LogP contribution in [0.1, 0.15) is 18.4 Å². The van der Waals surface area contributed by atoms with Crippen molar-refractivity contribution in [3.05, 3.63) is 35.9 Å². The van der Waals surface area contributed by atoms with Crippen molar-refractivity contribution < 1.29 is 5.21 Å². The van der Waals surface area contributed by atoms with Crippen molar-refractivity contribution in [2.45, 2.75) is 19.3 Å². The van der Waals surface area contributed by atoms with Crippen LogP contribution in [-0.4, -0.2) is 35.5 Å². The van der Waals surface area contributed by atoms with E-state index >= 15 is 0 Å². The monoisotopic (exact) mass is 254 g/mol. The van der Waals surface area contributed by atoms with Crippen LogP contribution in [0.3, 0.4) is 0 Å². The first-order valence-corrected chi connectivity index (χ1v) is 5.84. The Morgan fingerprint density at radius 1 is 1.12 bits per heavy atom. The molecule has 3 nitrogen and oxygen atoms in total. The van der Waals surface area contributed by atoms with Gasteiger partial charge >= 0.3 is 0 Å². The number of halogens is 1. The highest BCUT2D eigenvalue weighted by Crippen LogP contribution is 2.08. The molecule has 17 heavy (non-hydrogen) atoms. The molecule has 1 heterocycles. The van der Waals surface area contributed by atoms with Gasteiger partial charge in [-0.05, 0) is 12.0 Å². The molecule has 1 aromatic rings. The molecule has 0 spiro atoms.